The zero-order valence-corrected chi connectivity index (χ0v) is 13.3. The maximum atomic E-state index is 11.9. The highest BCUT2D eigenvalue weighted by molar-refractivity contribution is 7.92. The van der Waals surface area contributed by atoms with Gasteiger partial charge in [0.1, 0.15) is 0 Å². The first-order valence-corrected chi connectivity index (χ1v) is 9.14. The summed E-state index contributed by atoms with van der Waals surface area (Å²) in [6.07, 6.45) is 2.01. The van der Waals surface area contributed by atoms with Gasteiger partial charge in [0.15, 0.2) is 0 Å². The SMILES string of the molecule is Cc1nc(-c2ccc3c(c2)C[C@@H](C)N3S(C)(=O)=O)cs1. The first-order valence-electron chi connectivity index (χ1n) is 6.41. The number of fused-ring (bicyclic) bond motifs is 1. The van der Waals surface area contributed by atoms with Crippen LogP contribution in [0.15, 0.2) is 23.6 Å². The van der Waals surface area contributed by atoms with Crippen molar-refractivity contribution in [3.8, 4) is 11.3 Å². The molecule has 2 aromatic rings. The van der Waals surface area contributed by atoms with E-state index in [1.54, 1.807) is 11.3 Å². The van der Waals surface area contributed by atoms with Gasteiger partial charge in [0, 0.05) is 17.0 Å². The zero-order valence-electron chi connectivity index (χ0n) is 11.6. The quantitative estimate of drug-likeness (QED) is 0.857. The molecule has 0 N–H and O–H groups in total. The van der Waals surface area contributed by atoms with E-state index in [1.165, 1.54) is 10.6 Å². The van der Waals surface area contributed by atoms with E-state index < -0.39 is 10.0 Å². The van der Waals surface area contributed by atoms with Crippen molar-refractivity contribution < 1.29 is 8.42 Å². The van der Waals surface area contributed by atoms with Crippen LogP contribution in [-0.2, 0) is 16.4 Å². The number of aromatic nitrogens is 1. The van der Waals surface area contributed by atoms with Crippen LogP contribution in [0.5, 0.6) is 0 Å². The Hall–Kier alpha value is -1.40. The van der Waals surface area contributed by atoms with Crippen LogP contribution in [-0.4, -0.2) is 25.7 Å². The molecule has 0 amide bonds. The average Bonchev–Trinajstić information content (AvgIpc) is 2.89. The number of nitrogens with zero attached hydrogens (tertiary/aromatic N) is 2. The lowest BCUT2D eigenvalue weighted by Crippen LogP contribution is -2.34. The Balaban J connectivity index is 2.06. The second-order valence-corrected chi connectivity index (χ2v) is 8.13. The number of hydrogen-bond acceptors (Lipinski definition) is 4. The lowest BCUT2D eigenvalue weighted by molar-refractivity contribution is 0.590. The molecule has 0 radical (unpaired) electrons. The standard InChI is InChI=1S/C14H16N2O2S2/c1-9-6-12-7-11(13-8-19-10(2)15-13)4-5-14(12)16(9)20(3,17)18/h4-5,7-9H,6H2,1-3H3/t9-/m1/s1. The molecule has 1 aliphatic rings. The van der Waals surface area contributed by atoms with E-state index in [4.69, 9.17) is 0 Å². The molecule has 0 fully saturated rings. The summed E-state index contributed by atoms with van der Waals surface area (Å²) in [7, 11) is -3.22. The maximum absolute atomic E-state index is 11.9. The number of hydrogen-bond donors (Lipinski definition) is 0. The fourth-order valence-electron chi connectivity index (χ4n) is 2.76. The lowest BCUT2D eigenvalue weighted by Gasteiger charge is -2.21. The van der Waals surface area contributed by atoms with Gasteiger partial charge in [0.2, 0.25) is 10.0 Å². The molecule has 1 aliphatic heterocycles. The molecule has 0 unspecified atom stereocenters. The van der Waals surface area contributed by atoms with Crippen molar-refractivity contribution in [3.63, 3.8) is 0 Å². The average molecular weight is 308 g/mol. The van der Waals surface area contributed by atoms with E-state index in [2.05, 4.69) is 11.1 Å². The van der Waals surface area contributed by atoms with Crippen LogP contribution in [0, 0.1) is 6.92 Å². The summed E-state index contributed by atoms with van der Waals surface area (Å²) in [4.78, 5) is 4.48. The predicted octanol–water partition coefficient (Wildman–Crippen LogP) is 2.83. The monoisotopic (exact) mass is 308 g/mol. The number of aryl methyl sites for hydroxylation is 1. The Labute approximate surface area is 123 Å². The van der Waals surface area contributed by atoms with Crippen LogP contribution < -0.4 is 4.31 Å². The topological polar surface area (TPSA) is 50.3 Å². The van der Waals surface area contributed by atoms with Gasteiger partial charge >= 0.3 is 0 Å². The van der Waals surface area contributed by atoms with Gasteiger partial charge in [-0.25, -0.2) is 13.4 Å². The molecule has 0 bridgehead atoms. The number of sulfonamides is 1. The highest BCUT2D eigenvalue weighted by Gasteiger charge is 2.32. The summed E-state index contributed by atoms with van der Waals surface area (Å²) < 4.78 is 25.3. The van der Waals surface area contributed by atoms with Gasteiger partial charge in [-0.05, 0) is 38.0 Å². The smallest absolute Gasteiger partial charge is 0.232 e. The first kappa shape index (κ1) is 13.6. The van der Waals surface area contributed by atoms with E-state index in [-0.39, 0.29) is 6.04 Å². The minimum Gasteiger partial charge on any atom is -0.267 e. The zero-order chi connectivity index (χ0) is 14.5. The summed E-state index contributed by atoms with van der Waals surface area (Å²) in [5.41, 5.74) is 3.89. The second-order valence-electron chi connectivity index (χ2n) is 5.21. The van der Waals surface area contributed by atoms with Crippen LogP contribution >= 0.6 is 11.3 Å². The molecule has 0 saturated carbocycles. The highest BCUT2D eigenvalue weighted by Crippen LogP contribution is 2.36. The molecular formula is C14H16N2O2S2. The maximum Gasteiger partial charge on any atom is 0.232 e. The van der Waals surface area contributed by atoms with Gasteiger partial charge in [0.05, 0.1) is 22.6 Å². The Morgan fingerprint density at radius 2 is 2.15 bits per heavy atom. The fourth-order valence-corrected chi connectivity index (χ4v) is 4.65. The number of benzene rings is 1. The molecule has 2 heterocycles. The van der Waals surface area contributed by atoms with Crippen LogP contribution in [0.2, 0.25) is 0 Å². The Kier molecular flexibility index (Phi) is 3.10. The molecule has 1 aromatic carbocycles. The van der Waals surface area contributed by atoms with E-state index >= 15 is 0 Å². The van der Waals surface area contributed by atoms with Crippen LogP contribution in [0.4, 0.5) is 5.69 Å². The Bertz CT molecular complexity index is 765. The molecule has 20 heavy (non-hydrogen) atoms. The van der Waals surface area contributed by atoms with Gasteiger partial charge in [-0.15, -0.1) is 11.3 Å². The minimum absolute atomic E-state index is 0.0209. The molecule has 0 aliphatic carbocycles. The van der Waals surface area contributed by atoms with Gasteiger partial charge in [-0.2, -0.15) is 0 Å². The Morgan fingerprint density at radius 1 is 1.40 bits per heavy atom. The van der Waals surface area contributed by atoms with Crippen molar-refractivity contribution in [1.29, 1.82) is 0 Å². The summed E-state index contributed by atoms with van der Waals surface area (Å²) >= 11 is 1.62. The summed E-state index contributed by atoms with van der Waals surface area (Å²) in [6.45, 7) is 3.92. The normalized spacial score (nSPS) is 18.4. The number of rotatable bonds is 2. The van der Waals surface area contributed by atoms with E-state index in [0.717, 1.165) is 33.9 Å². The largest absolute Gasteiger partial charge is 0.267 e. The molecule has 1 atom stereocenters. The van der Waals surface area contributed by atoms with Crippen LogP contribution in [0.25, 0.3) is 11.3 Å². The van der Waals surface area contributed by atoms with Crippen molar-refractivity contribution in [2.75, 3.05) is 10.6 Å². The summed E-state index contributed by atoms with van der Waals surface area (Å²) in [6, 6.07) is 5.88. The van der Waals surface area contributed by atoms with Gasteiger partial charge in [0.25, 0.3) is 0 Å². The molecule has 1 aromatic heterocycles. The number of thiazole rings is 1. The third-order valence-corrected chi connectivity index (χ3v) is 5.55. The van der Waals surface area contributed by atoms with Crippen LogP contribution in [0.3, 0.4) is 0 Å². The molecule has 4 nitrogen and oxygen atoms in total. The van der Waals surface area contributed by atoms with Crippen LogP contribution in [0.1, 0.15) is 17.5 Å². The van der Waals surface area contributed by atoms with Crippen molar-refractivity contribution >= 4 is 27.0 Å². The van der Waals surface area contributed by atoms with E-state index in [0.29, 0.717) is 0 Å². The van der Waals surface area contributed by atoms with Crippen molar-refractivity contribution in [1.82, 2.24) is 4.98 Å². The fraction of sp³-hybridized carbons (Fsp3) is 0.357. The van der Waals surface area contributed by atoms with Crippen molar-refractivity contribution in [3.05, 3.63) is 34.2 Å². The van der Waals surface area contributed by atoms with E-state index in [9.17, 15) is 8.42 Å². The first-order chi connectivity index (χ1) is 9.36. The molecule has 3 rings (SSSR count). The molecular weight excluding hydrogens is 292 g/mol. The summed E-state index contributed by atoms with van der Waals surface area (Å²) in [5, 5.41) is 3.07. The van der Waals surface area contributed by atoms with Gasteiger partial charge < -0.3 is 0 Å². The summed E-state index contributed by atoms with van der Waals surface area (Å²) in [5.74, 6) is 0. The molecule has 106 valence electrons. The second kappa shape index (κ2) is 4.56. The minimum atomic E-state index is -3.22. The number of anilines is 1. The van der Waals surface area contributed by atoms with Crippen molar-refractivity contribution in [2.45, 2.75) is 26.3 Å². The van der Waals surface area contributed by atoms with Gasteiger partial charge in [-0.3, -0.25) is 4.31 Å². The highest BCUT2D eigenvalue weighted by atomic mass is 32.2. The van der Waals surface area contributed by atoms with E-state index in [1.807, 2.05) is 31.4 Å². The molecule has 6 heteroatoms. The predicted molar refractivity (Wildman–Crippen MR) is 82.8 cm³/mol. The van der Waals surface area contributed by atoms with Crippen molar-refractivity contribution in [2.24, 2.45) is 0 Å². The molecule has 0 spiro atoms. The third kappa shape index (κ3) is 2.23. The van der Waals surface area contributed by atoms with Gasteiger partial charge in [-0.1, -0.05) is 6.07 Å². The molecule has 0 saturated heterocycles. The Morgan fingerprint density at radius 3 is 2.75 bits per heavy atom. The lowest BCUT2D eigenvalue weighted by atomic mass is 10.1. The third-order valence-electron chi connectivity index (χ3n) is 3.50.